The zero-order valence-corrected chi connectivity index (χ0v) is 16.2. The second-order valence-electron chi connectivity index (χ2n) is 6.21. The molecule has 1 aromatic carbocycles. The van der Waals surface area contributed by atoms with Crippen LogP contribution in [-0.2, 0) is 9.47 Å². The zero-order valence-electron chi connectivity index (χ0n) is 16.2. The van der Waals surface area contributed by atoms with Crippen LogP contribution in [0.4, 0.5) is 10.1 Å². The van der Waals surface area contributed by atoms with Crippen LogP contribution in [0.5, 0.6) is 0 Å². The number of methoxy groups -OCH3 is 1. The number of aromatic nitrogens is 4. The number of hydrogen-bond acceptors (Lipinski definition) is 6. The molecule has 3 aromatic rings. The molecule has 0 spiro atoms. The van der Waals surface area contributed by atoms with Gasteiger partial charge in [-0.1, -0.05) is 0 Å². The van der Waals surface area contributed by atoms with Gasteiger partial charge in [-0.3, -0.25) is 4.79 Å². The number of carbonyl (C=O) groups excluding carboxylic acids is 2. The Labute approximate surface area is 165 Å². The fraction of sp³-hybridized carbons (Fsp3) is 0.263. The lowest BCUT2D eigenvalue weighted by Gasteiger charge is -2.08. The molecule has 0 aliphatic rings. The topological polar surface area (TPSA) is 111 Å². The Hall–Kier alpha value is -3.53. The Balaban J connectivity index is 1.77. The maximum Gasteiger partial charge on any atom is 0.340 e. The molecule has 0 saturated heterocycles. The standard InChI is InChI=1S/C19H20FN5O4/c1-11-16(19(27)29-7-6-28-3)12(2)23-17(11)18(26)24-13-4-5-15(14(20)8-13)25-10-21-9-22-25/h4-5,8-10,23H,6-7H2,1-3H3,(H,24,26). The minimum atomic E-state index is -0.574. The van der Waals surface area contributed by atoms with Crippen LogP contribution < -0.4 is 5.32 Å². The number of aromatic amines is 1. The summed E-state index contributed by atoms with van der Waals surface area (Å²) >= 11 is 0. The van der Waals surface area contributed by atoms with Crippen molar-refractivity contribution in [3.8, 4) is 5.69 Å². The Kier molecular flexibility index (Phi) is 6.03. The number of ether oxygens (including phenoxy) is 2. The zero-order chi connectivity index (χ0) is 21.0. The van der Waals surface area contributed by atoms with E-state index in [4.69, 9.17) is 9.47 Å². The summed E-state index contributed by atoms with van der Waals surface area (Å²) < 4.78 is 25.6. The van der Waals surface area contributed by atoms with Crippen molar-refractivity contribution >= 4 is 17.6 Å². The van der Waals surface area contributed by atoms with Gasteiger partial charge < -0.3 is 19.8 Å². The van der Waals surface area contributed by atoms with Crippen LogP contribution in [0.2, 0.25) is 0 Å². The van der Waals surface area contributed by atoms with E-state index in [1.807, 2.05) is 0 Å². The lowest BCUT2D eigenvalue weighted by atomic mass is 10.1. The average molecular weight is 401 g/mol. The van der Waals surface area contributed by atoms with Gasteiger partial charge in [0.1, 0.15) is 30.6 Å². The molecule has 0 radical (unpaired) electrons. The lowest BCUT2D eigenvalue weighted by molar-refractivity contribution is 0.0387. The van der Waals surface area contributed by atoms with Gasteiger partial charge in [0.2, 0.25) is 0 Å². The summed E-state index contributed by atoms with van der Waals surface area (Å²) in [5.74, 6) is -1.62. The molecule has 2 heterocycles. The van der Waals surface area contributed by atoms with E-state index in [1.54, 1.807) is 19.9 Å². The number of benzene rings is 1. The van der Waals surface area contributed by atoms with E-state index in [1.165, 1.54) is 36.6 Å². The molecule has 0 aliphatic heterocycles. The fourth-order valence-corrected chi connectivity index (χ4v) is 2.87. The van der Waals surface area contributed by atoms with Crippen molar-refractivity contribution in [3.63, 3.8) is 0 Å². The lowest BCUT2D eigenvalue weighted by Crippen LogP contribution is -2.15. The van der Waals surface area contributed by atoms with Gasteiger partial charge in [-0.2, -0.15) is 5.10 Å². The van der Waals surface area contributed by atoms with E-state index >= 15 is 0 Å². The molecule has 0 atom stereocenters. The molecule has 0 unspecified atom stereocenters. The van der Waals surface area contributed by atoms with Gasteiger partial charge >= 0.3 is 5.97 Å². The molecule has 29 heavy (non-hydrogen) atoms. The highest BCUT2D eigenvalue weighted by atomic mass is 19.1. The number of anilines is 1. The SMILES string of the molecule is COCCOC(=O)c1c(C)[nH]c(C(=O)Nc2ccc(-n3cncn3)c(F)c2)c1C. The van der Waals surface area contributed by atoms with Crippen molar-refractivity contribution in [2.75, 3.05) is 25.6 Å². The molecule has 152 valence electrons. The van der Waals surface area contributed by atoms with E-state index in [-0.39, 0.29) is 30.3 Å². The van der Waals surface area contributed by atoms with Crippen LogP contribution in [0.3, 0.4) is 0 Å². The first-order valence-corrected chi connectivity index (χ1v) is 8.73. The highest BCUT2D eigenvalue weighted by Gasteiger charge is 2.23. The number of aryl methyl sites for hydroxylation is 1. The molecule has 0 aliphatic carbocycles. The molecule has 2 aromatic heterocycles. The Morgan fingerprint density at radius 1 is 1.28 bits per heavy atom. The van der Waals surface area contributed by atoms with Gasteiger partial charge in [-0.25, -0.2) is 18.9 Å². The highest BCUT2D eigenvalue weighted by molar-refractivity contribution is 6.06. The third kappa shape index (κ3) is 4.32. The van der Waals surface area contributed by atoms with Crippen LogP contribution in [-0.4, -0.2) is 51.9 Å². The normalized spacial score (nSPS) is 10.8. The number of esters is 1. The maximum atomic E-state index is 14.3. The summed E-state index contributed by atoms with van der Waals surface area (Å²) in [6.45, 7) is 3.69. The van der Waals surface area contributed by atoms with Crippen molar-refractivity contribution in [2.24, 2.45) is 0 Å². The summed E-state index contributed by atoms with van der Waals surface area (Å²) in [5.41, 5.74) is 1.89. The first-order chi connectivity index (χ1) is 13.9. The summed E-state index contributed by atoms with van der Waals surface area (Å²) in [7, 11) is 1.50. The first kappa shape index (κ1) is 20.2. The van der Waals surface area contributed by atoms with E-state index in [9.17, 15) is 14.0 Å². The third-order valence-electron chi connectivity index (χ3n) is 4.26. The Morgan fingerprint density at radius 3 is 2.72 bits per heavy atom. The van der Waals surface area contributed by atoms with Crippen LogP contribution in [0, 0.1) is 19.7 Å². The predicted octanol–water partition coefficient (Wildman–Crippen LogP) is 2.41. The Morgan fingerprint density at radius 2 is 2.07 bits per heavy atom. The summed E-state index contributed by atoms with van der Waals surface area (Å²) in [6, 6.07) is 4.20. The van der Waals surface area contributed by atoms with E-state index in [2.05, 4.69) is 20.4 Å². The maximum absolute atomic E-state index is 14.3. The predicted molar refractivity (Wildman–Crippen MR) is 102 cm³/mol. The number of nitrogens with one attached hydrogen (secondary N) is 2. The number of H-pyrrole nitrogens is 1. The largest absolute Gasteiger partial charge is 0.460 e. The van der Waals surface area contributed by atoms with Crippen molar-refractivity contribution < 1.29 is 23.5 Å². The molecule has 0 saturated carbocycles. The van der Waals surface area contributed by atoms with E-state index in [0.717, 1.165) is 0 Å². The van der Waals surface area contributed by atoms with Crippen molar-refractivity contribution in [3.05, 3.63) is 59.2 Å². The smallest absolute Gasteiger partial charge is 0.340 e. The molecular formula is C19H20FN5O4. The third-order valence-corrected chi connectivity index (χ3v) is 4.26. The molecule has 0 fully saturated rings. The molecule has 1 amide bonds. The Bertz CT molecular complexity index is 1030. The van der Waals surface area contributed by atoms with Gasteiger partial charge in [0.05, 0.1) is 12.2 Å². The van der Waals surface area contributed by atoms with Gasteiger partial charge in [0.15, 0.2) is 5.82 Å². The molecule has 2 N–H and O–H groups in total. The second kappa shape index (κ2) is 8.65. The molecular weight excluding hydrogens is 381 g/mol. The summed E-state index contributed by atoms with van der Waals surface area (Å²) in [5, 5.41) is 6.49. The second-order valence-corrected chi connectivity index (χ2v) is 6.21. The quantitative estimate of drug-likeness (QED) is 0.465. The molecule has 3 rings (SSSR count). The van der Waals surface area contributed by atoms with Crippen molar-refractivity contribution in [1.82, 2.24) is 19.7 Å². The van der Waals surface area contributed by atoms with Gasteiger partial charge in [-0.15, -0.1) is 0 Å². The fourth-order valence-electron chi connectivity index (χ4n) is 2.87. The molecule has 10 heteroatoms. The highest BCUT2D eigenvalue weighted by Crippen LogP contribution is 2.22. The van der Waals surface area contributed by atoms with Gasteiger partial charge in [0.25, 0.3) is 5.91 Å². The number of rotatable bonds is 7. The van der Waals surface area contributed by atoms with E-state index < -0.39 is 17.7 Å². The molecule has 9 nitrogen and oxygen atoms in total. The van der Waals surface area contributed by atoms with Crippen molar-refractivity contribution in [2.45, 2.75) is 13.8 Å². The number of nitrogens with zero attached hydrogens (tertiary/aromatic N) is 3. The van der Waals surface area contributed by atoms with Crippen LogP contribution >= 0.6 is 0 Å². The van der Waals surface area contributed by atoms with Crippen molar-refractivity contribution in [1.29, 1.82) is 0 Å². The van der Waals surface area contributed by atoms with Crippen LogP contribution in [0.25, 0.3) is 5.69 Å². The van der Waals surface area contributed by atoms with Gasteiger partial charge in [0, 0.05) is 18.5 Å². The first-order valence-electron chi connectivity index (χ1n) is 8.73. The summed E-state index contributed by atoms with van der Waals surface area (Å²) in [4.78, 5) is 31.6. The number of carbonyl (C=O) groups is 2. The minimum Gasteiger partial charge on any atom is -0.460 e. The monoisotopic (exact) mass is 401 g/mol. The van der Waals surface area contributed by atoms with Gasteiger partial charge in [-0.05, 0) is 37.6 Å². The van der Waals surface area contributed by atoms with Crippen LogP contribution in [0.15, 0.2) is 30.9 Å². The minimum absolute atomic E-state index is 0.109. The number of amides is 1. The average Bonchev–Trinajstić information content (AvgIpc) is 3.30. The number of hydrogen-bond donors (Lipinski definition) is 2. The molecule has 0 bridgehead atoms. The van der Waals surface area contributed by atoms with E-state index in [0.29, 0.717) is 16.8 Å². The van der Waals surface area contributed by atoms with Crippen LogP contribution in [0.1, 0.15) is 32.1 Å². The summed E-state index contributed by atoms with van der Waals surface area (Å²) in [6.07, 6.45) is 2.67. The number of halogens is 1.